The first-order valence-electron chi connectivity index (χ1n) is 6.10. The average molecular weight is 243 g/mol. The van der Waals surface area contributed by atoms with E-state index in [1.807, 2.05) is 27.7 Å². The van der Waals surface area contributed by atoms with Gasteiger partial charge in [-0.1, -0.05) is 34.1 Å². The topological polar surface area (TPSA) is 84.2 Å². The van der Waals surface area contributed by atoms with Gasteiger partial charge in [-0.15, -0.1) is 0 Å². The number of rotatable bonds is 6. The Hall–Kier alpha value is -1.10. The lowest BCUT2D eigenvalue weighted by Gasteiger charge is -2.18. The van der Waals surface area contributed by atoms with Crippen molar-refractivity contribution in [2.75, 3.05) is 13.1 Å². The quantitative estimate of drug-likeness (QED) is 0.590. The second-order valence-corrected chi connectivity index (χ2v) is 5.19. The summed E-state index contributed by atoms with van der Waals surface area (Å²) in [6.07, 6.45) is 1.57. The first-order chi connectivity index (χ1) is 7.79. The summed E-state index contributed by atoms with van der Waals surface area (Å²) in [5.74, 6) is -0.179. The Balaban J connectivity index is 3.72. The highest BCUT2D eigenvalue weighted by molar-refractivity contribution is 5.82. The normalized spacial score (nSPS) is 13.0. The van der Waals surface area contributed by atoms with Crippen LogP contribution in [0.2, 0.25) is 0 Å². The van der Waals surface area contributed by atoms with Gasteiger partial charge < -0.3 is 16.4 Å². The fraction of sp³-hybridized carbons (Fsp3) is 0.833. The Morgan fingerprint density at radius 1 is 1.18 bits per heavy atom. The van der Waals surface area contributed by atoms with Gasteiger partial charge in [-0.05, 0) is 6.42 Å². The molecule has 2 amide bonds. The summed E-state index contributed by atoms with van der Waals surface area (Å²) in [5, 5.41) is 5.45. The van der Waals surface area contributed by atoms with Gasteiger partial charge in [0.15, 0.2) is 0 Å². The van der Waals surface area contributed by atoms with Crippen molar-refractivity contribution >= 4 is 11.8 Å². The summed E-state index contributed by atoms with van der Waals surface area (Å²) in [5.41, 5.74) is 5.24. The van der Waals surface area contributed by atoms with Crippen LogP contribution in [0.1, 0.15) is 40.5 Å². The van der Waals surface area contributed by atoms with Gasteiger partial charge in [0.2, 0.25) is 11.8 Å². The van der Waals surface area contributed by atoms with Gasteiger partial charge >= 0.3 is 0 Å². The van der Waals surface area contributed by atoms with Crippen LogP contribution in [-0.2, 0) is 9.59 Å². The van der Waals surface area contributed by atoms with Crippen molar-refractivity contribution in [3.63, 3.8) is 0 Å². The van der Waals surface area contributed by atoms with E-state index in [4.69, 9.17) is 5.73 Å². The van der Waals surface area contributed by atoms with Crippen LogP contribution in [0.15, 0.2) is 0 Å². The van der Waals surface area contributed by atoms with Crippen LogP contribution < -0.4 is 16.4 Å². The number of nitrogens with two attached hydrogens (primary N) is 1. The lowest BCUT2D eigenvalue weighted by atomic mass is 9.96. The van der Waals surface area contributed by atoms with E-state index in [0.717, 1.165) is 6.42 Å². The molecule has 0 spiro atoms. The first-order valence-corrected chi connectivity index (χ1v) is 6.10. The van der Waals surface area contributed by atoms with Gasteiger partial charge in [0.1, 0.15) is 0 Å². The van der Waals surface area contributed by atoms with Gasteiger partial charge in [0.05, 0.1) is 6.04 Å². The van der Waals surface area contributed by atoms with E-state index in [1.165, 1.54) is 0 Å². The Kier molecular flexibility index (Phi) is 6.80. The molecule has 100 valence electrons. The number of hydrogen-bond donors (Lipinski definition) is 3. The molecular formula is C12H25N3O2. The molecule has 0 aromatic rings. The summed E-state index contributed by atoms with van der Waals surface area (Å²) in [4.78, 5) is 22.9. The minimum atomic E-state index is -0.446. The van der Waals surface area contributed by atoms with E-state index in [0.29, 0.717) is 19.5 Å². The third-order valence-corrected chi connectivity index (χ3v) is 2.33. The minimum absolute atomic E-state index is 0.0235. The zero-order valence-electron chi connectivity index (χ0n) is 11.3. The third kappa shape index (κ3) is 6.94. The molecule has 0 aliphatic heterocycles. The Labute approximate surface area is 104 Å². The Morgan fingerprint density at radius 3 is 2.18 bits per heavy atom. The van der Waals surface area contributed by atoms with Gasteiger partial charge in [-0.25, -0.2) is 0 Å². The number of hydrogen-bond acceptors (Lipinski definition) is 3. The van der Waals surface area contributed by atoms with E-state index >= 15 is 0 Å². The highest BCUT2D eigenvalue weighted by Gasteiger charge is 2.20. The zero-order valence-corrected chi connectivity index (χ0v) is 11.3. The molecule has 0 bridgehead atoms. The van der Waals surface area contributed by atoms with Crippen LogP contribution in [0.4, 0.5) is 0 Å². The van der Waals surface area contributed by atoms with E-state index in [9.17, 15) is 9.59 Å². The molecule has 0 aliphatic rings. The molecule has 4 N–H and O–H groups in total. The molecule has 0 saturated carbocycles. The Morgan fingerprint density at radius 2 is 1.71 bits per heavy atom. The van der Waals surface area contributed by atoms with Crippen LogP contribution >= 0.6 is 0 Å². The van der Waals surface area contributed by atoms with Crippen molar-refractivity contribution in [1.82, 2.24) is 10.6 Å². The van der Waals surface area contributed by atoms with Crippen LogP contribution in [0.5, 0.6) is 0 Å². The maximum atomic E-state index is 11.5. The van der Waals surface area contributed by atoms with Gasteiger partial charge in [0.25, 0.3) is 0 Å². The fourth-order valence-corrected chi connectivity index (χ4v) is 1.20. The average Bonchev–Trinajstić information content (AvgIpc) is 2.22. The molecule has 17 heavy (non-hydrogen) atoms. The highest BCUT2D eigenvalue weighted by atomic mass is 16.2. The van der Waals surface area contributed by atoms with Crippen molar-refractivity contribution < 1.29 is 9.59 Å². The summed E-state index contributed by atoms with van der Waals surface area (Å²) < 4.78 is 0. The SMILES string of the molecule is CCCC(N)C(=O)NCCNC(=O)C(C)(C)C. The molecule has 0 aliphatic carbocycles. The number of nitrogens with one attached hydrogen (secondary N) is 2. The van der Waals surface area contributed by atoms with Crippen molar-refractivity contribution in [2.45, 2.75) is 46.6 Å². The maximum absolute atomic E-state index is 11.5. The smallest absolute Gasteiger partial charge is 0.236 e. The predicted molar refractivity (Wildman–Crippen MR) is 68.4 cm³/mol. The van der Waals surface area contributed by atoms with E-state index in [2.05, 4.69) is 10.6 Å². The lowest BCUT2D eigenvalue weighted by Crippen LogP contribution is -2.44. The molecule has 0 aromatic carbocycles. The molecule has 1 atom stereocenters. The van der Waals surface area contributed by atoms with Crippen LogP contribution in [0.25, 0.3) is 0 Å². The first kappa shape index (κ1) is 15.9. The number of carbonyl (C=O) groups is 2. The van der Waals surface area contributed by atoms with Crippen molar-refractivity contribution in [1.29, 1.82) is 0 Å². The molecule has 0 rings (SSSR count). The number of carbonyl (C=O) groups excluding carboxylic acids is 2. The molecule has 1 unspecified atom stereocenters. The standard InChI is InChI=1S/C12H25N3O2/c1-5-6-9(13)10(16)14-7-8-15-11(17)12(2,3)4/h9H,5-8,13H2,1-4H3,(H,14,16)(H,15,17). The molecule has 0 radical (unpaired) electrons. The summed E-state index contributed by atoms with van der Waals surface area (Å²) in [7, 11) is 0. The molecule has 0 heterocycles. The van der Waals surface area contributed by atoms with E-state index < -0.39 is 11.5 Å². The van der Waals surface area contributed by atoms with Crippen molar-refractivity contribution in [3.8, 4) is 0 Å². The summed E-state index contributed by atoms with van der Waals surface area (Å²) in [6.45, 7) is 8.36. The molecule has 5 nitrogen and oxygen atoms in total. The lowest BCUT2D eigenvalue weighted by molar-refractivity contribution is -0.128. The minimum Gasteiger partial charge on any atom is -0.354 e. The molecule has 0 fully saturated rings. The molecule has 0 saturated heterocycles. The maximum Gasteiger partial charge on any atom is 0.236 e. The largest absolute Gasteiger partial charge is 0.354 e. The van der Waals surface area contributed by atoms with Crippen molar-refractivity contribution in [3.05, 3.63) is 0 Å². The monoisotopic (exact) mass is 243 g/mol. The summed E-state index contributed by atoms with van der Waals surface area (Å²) in [6, 6.07) is -0.446. The molecule has 0 aromatic heterocycles. The molecule has 5 heteroatoms. The van der Waals surface area contributed by atoms with Crippen LogP contribution in [0.3, 0.4) is 0 Å². The fourth-order valence-electron chi connectivity index (χ4n) is 1.20. The highest BCUT2D eigenvalue weighted by Crippen LogP contribution is 2.11. The second-order valence-electron chi connectivity index (χ2n) is 5.19. The molecular weight excluding hydrogens is 218 g/mol. The van der Waals surface area contributed by atoms with Crippen molar-refractivity contribution in [2.24, 2.45) is 11.1 Å². The van der Waals surface area contributed by atoms with Gasteiger partial charge in [0, 0.05) is 18.5 Å². The zero-order chi connectivity index (χ0) is 13.5. The Bertz CT molecular complexity index is 259. The number of amides is 2. The third-order valence-electron chi connectivity index (χ3n) is 2.33. The van der Waals surface area contributed by atoms with Gasteiger partial charge in [-0.3, -0.25) is 9.59 Å². The van der Waals surface area contributed by atoms with E-state index in [1.54, 1.807) is 0 Å². The second kappa shape index (κ2) is 7.27. The van der Waals surface area contributed by atoms with E-state index in [-0.39, 0.29) is 11.8 Å². The van der Waals surface area contributed by atoms with Crippen LogP contribution in [0, 0.1) is 5.41 Å². The van der Waals surface area contributed by atoms with Gasteiger partial charge in [-0.2, -0.15) is 0 Å². The van der Waals surface area contributed by atoms with Crippen LogP contribution in [-0.4, -0.2) is 30.9 Å². The predicted octanol–water partition coefficient (Wildman–Crippen LogP) is 0.392. The summed E-state index contributed by atoms with van der Waals surface area (Å²) >= 11 is 0.